The fourth-order valence-corrected chi connectivity index (χ4v) is 13.7. The smallest absolute Gasteiger partial charge is 0.0468 e. The van der Waals surface area contributed by atoms with Crippen LogP contribution in [-0.2, 0) is 0 Å². The van der Waals surface area contributed by atoms with Gasteiger partial charge in [-0.15, -0.1) is 0 Å². The van der Waals surface area contributed by atoms with Gasteiger partial charge in [0.15, 0.2) is 0 Å². The number of hydrogen-bond donors (Lipinski definition) is 0. The average molecular weight is 1160 g/mol. The van der Waals surface area contributed by atoms with Gasteiger partial charge in [-0.2, -0.15) is 0 Å². The first-order valence-electron chi connectivity index (χ1n) is 31.8. The second-order valence-electron chi connectivity index (χ2n) is 24.7. The van der Waals surface area contributed by atoms with Gasteiger partial charge in [0.25, 0.3) is 0 Å². The summed E-state index contributed by atoms with van der Waals surface area (Å²) in [5, 5.41) is 15.2. The van der Waals surface area contributed by atoms with E-state index in [0.717, 1.165) is 17.1 Å². The molecule has 0 saturated heterocycles. The highest BCUT2D eigenvalue weighted by atomic mass is 15.1. The van der Waals surface area contributed by atoms with E-state index in [0.29, 0.717) is 0 Å². The summed E-state index contributed by atoms with van der Waals surface area (Å²) in [6, 6.07) is 101. The quantitative estimate of drug-likeness (QED) is 0.0870. The summed E-state index contributed by atoms with van der Waals surface area (Å²) >= 11 is 0. The molecule has 0 heterocycles. The lowest BCUT2D eigenvalue weighted by molar-refractivity contribution is 1.29. The number of rotatable bonds is 12. The van der Waals surface area contributed by atoms with Crippen molar-refractivity contribution in [2.75, 3.05) is 4.90 Å². The molecule has 434 valence electrons. The minimum atomic E-state index is 1.12. The molecule has 0 N–H and O–H groups in total. The molecule has 0 aliphatic heterocycles. The minimum Gasteiger partial charge on any atom is -0.310 e. The maximum Gasteiger partial charge on any atom is 0.0468 e. The molecular formula is C90H69N. The third-order valence-electron chi connectivity index (χ3n) is 19.4. The largest absolute Gasteiger partial charge is 0.310 e. The lowest BCUT2D eigenvalue weighted by Crippen LogP contribution is -2.10. The van der Waals surface area contributed by atoms with Crippen LogP contribution in [0.5, 0.6) is 0 Å². The summed E-state index contributed by atoms with van der Waals surface area (Å²) in [5.74, 6) is 0. The Bertz CT molecular complexity index is 4860. The van der Waals surface area contributed by atoms with Crippen molar-refractivity contribution >= 4 is 118 Å². The van der Waals surface area contributed by atoms with E-state index in [4.69, 9.17) is 0 Å². The van der Waals surface area contributed by atoms with Crippen LogP contribution in [0.15, 0.2) is 273 Å². The van der Waals surface area contributed by atoms with Crippen LogP contribution >= 0.6 is 0 Å². The molecule has 0 atom stereocenters. The number of nitrogens with zero attached hydrogens (tertiary/aromatic N) is 1. The number of fused-ring (bicyclic) bond motifs is 9. The van der Waals surface area contributed by atoms with Crippen molar-refractivity contribution in [1.29, 1.82) is 0 Å². The first kappa shape index (κ1) is 56.4. The third-order valence-corrected chi connectivity index (χ3v) is 19.4. The molecule has 0 saturated carbocycles. The summed E-state index contributed by atoms with van der Waals surface area (Å²) in [4.78, 5) is 2.50. The van der Waals surface area contributed by atoms with E-state index in [9.17, 15) is 0 Å². The predicted molar refractivity (Wildman–Crippen MR) is 397 cm³/mol. The van der Waals surface area contributed by atoms with E-state index < -0.39 is 0 Å². The normalized spacial score (nSPS) is 11.9. The van der Waals surface area contributed by atoms with Gasteiger partial charge in [0.1, 0.15) is 0 Å². The minimum absolute atomic E-state index is 1.12. The number of benzene rings is 15. The molecule has 15 aromatic carbocycles. The lowest BCUT2D eigenvalue weighted by Gasteiger charge is -2.28. The predicted octanol–water partition coefficient (Wildman–Crippen LogP) is 25.4. The van der Waals surface area contributed by atoms with Gasteiger partial charge in [-0.1, -0.05) is 255 Å². The second kappa shape index (κ2) is 23.8. The van der Waals surface area contributed by atoms with Crippen molar-refractivity contribution in [2.24, 2.45) is 0 Å². The van der Waals surface area contributed by atoms with E-state index in [-0.39, 0.29) is 0 Å². The van der Waals surface area contributed by atoms with Gasteiger partial charge < -0.3 is 4.90 Å². The van der Waals surface area contributed by atoms with Gasteiger partial charge in [-0.05, 0) is 261 Å². The molecule has 0 unspecified atom stereocenters. The van der Waals surface area contributed by atoms with Gasteiger partial charge in [-0.3, -0.25) is 0 Å². The third kappa shape index (κ3) is 10.8. The van der Waals surface area contributed by atoms with E-state index in [1.165, 1.54) is 165 Å². The van der Waals surface area contributed by atoms with Gasteiger partial charge in [0, 0.05) is 17.1 Å². The highest BCUT2D eigenvalue weighted by molar-refractivity contribution is 6.16. The van der Waals surface area contributed by atoms with Crippen molar-refractivity contribution < 1.29 is 0 Å². The van der Waals surface area contributed by atoms with Crippen LogP contribution in [0.1, 0.15) is 66.8 Å². The van der Waals surface area contributed by atoms with Crippen LogP contribution < -0.4 is 4.90 Å². The van der Waals surface area contributed by atoms with Crippen LogP contribution in [-0.4, -0.2) is 0 Å². The highest BCUT2D eigenvalue weighted by Gasteiger charge is 2.21. The molecule has 0 aliphatic rings. The summed E-state index contributed by atoms with van der Waals surface area (Å²) in [7, 11) is 0. The van der Waals surface area contributed by atoms with E-state index in [1.54, 1.807) is 0 Å². The van der Waals surface area contributed by atoms with Crippen LogP contribution in [0.3, 0.4) is 0 Å². The van der Waals surface area contributed by atoms with Gasteiger partial charge in [0.2, 0.25) is 0 Å². The molecule has 1 heteroatoms. The molecule has 0 spiro atoms. The van der Waals surface area contributed by atoms with Crippen molar-refractivity contribution in [1.82, 2.24) is 0 Å². The molecule has 0 aromatic heterocycles. The zero-order valence-electron chi connectivity index (χ0n) is 52.4. The molecule has 0 aliphatic carbocycles. The Hall–Kier alpha value is -11.1. The van der Waals surface area contributed by atoms with Crippen molar-refractivity contribution in [2.45, 2.75) is 41.5 Å². The highest BCUT2D eigenvalue weighted by Crippen LogP contribution is 2.46. The summed E-state index contributed by atoms with van der Waals surface area (Å²) < 4.78 is 0. The molecule has 15 rings (SSSR count). The molecule has 0 bridgehead atoms. The molecule has 91 heavy (non-hydrogen) atoms. The second-order valence-corrected chi connectivity index (χ2v) is 24.7. The SMILES string of the molecule is Cc1c(C)c2cc(N(c3ccc4c(c3)c(C)c(C)c3cc(-c5ccc(C=Cc6ccccc6)cc5)ccc34)c3ccc4c(c3)c(C)c(C)c3cc(-c5ccc(C=Cc6ccccc6)cc5)ccc34)ccc2c2ccc(-c3ccc(C=Cc4ccccc4)cc3)cc12. The zero-order valence-corrected chi connectivity index (χ0v) is 52.4. The average Bonchev–Trinajstić information content (AvgIpc) is 0.920. The Labute approximate surface area is 534 Å². The summed E-state index contributed by atoms with van der Waals surface area (Å²) in [5.41, 5.74) is 25.6. The van der Waals surface area contributed by atoms with E-state index >= 15 is 0 Å². The number of aryl methyl sites for hydroxylation is 6. The zero-order chi connectivity index (χ0) is 61.7. The van der Waals surface area contributed by atoms with E-state index in [2.05, 4.69) is 356 Å². The monoisotopic (exact) mass is 1160 g/mol. The van der Waals surface area contributed by atoms with Crippen molar-refractivity contribution in [3.8, 4) is 33.4 Å². The standard InChI is InChI=1S/C90H69N/c1-58-61(4)88-55-76(43-49-82(88)79-46-40-73(52-85(58)79)70-34-28-67(29-35-70)25-22-64-16-10-7-11-17-64)91(77-44-50-83-80-47-41-74(53-86(80)59(2)62(5)89(83)56-77)71-36-30-68(31-37-71)26-23-65-18-12-8-13-19-65)78-45-51-84-81-48-42-75(54-87(81)60(3)63(6)90(84)57-78)72-38-32-69(33-39-72)27-24-66-20-14-9-15-21-66/h7-57H,1-6H3. The topological polar surface area (TPSA) is 3.24 Å². The lowest BCUT2D eigenvalue weighted by atomic mass is 9.89. The number of hydrogen-bond acceptors (Lipinski definition) is 1. The van der Waals surface area contributed by atoms with Crippen molar-refractivity contribution in [3.63, 3.8) is 0 Å². The van der Waals surface area contributed by atoms with Gasteiger partial charge in [-0.25, -0.2) is 0 Å². The fraction of sp³-hybridized carbons (Fsp3) is 0.0667. The maximum absolute atomic E-state index is 2.50. The Balaban J connectivity index is 0.817. The first-order valence-corrected chi connectivity index (χ1v) is 31.8. The Morgan fingerprint density at radius 1 is 0.176 bits per heavy atom. The van der Waals surface area contributed by atoms with Crippen LogP contribution in [0.2, 0.25) is 0 Å². The Morgan fingerprint density at radius 2 is 0.374 bits per heavy atom. The molecule has 0 amide bonds. The Kier molecular flexibility index (Phi) is 14.7. The van der Waals surface area contributed by atoms with E-state index in [1.807, 2.05) is 0 Å². The fourth-order valence-electron chi connectivity index (χ4n) is 13.7. The molecule has 0 fully saturated rings. The molecule has 1 nitrogen and oxygen atoms in total. The van der Waals surface area contributed by atoms with Crippen molar-refractivity contribution in [3.05, 3.63) is 340 Å². The number of anilines is 3. The summed E-state index contributed by atoms with van der Waals surface area (Å²) in [6.07, 6.45) is 13.1. The van der Waals surface area contributed by atoms with Gasteiger partial charge >= 0.3 is 0 Å². The van der Waals surface area contributed by atoms with Crippen LogP contribution in [0.4, 0.5) is 17.1 Å². The molecular weight excluding hydrogens is 1090 g/mol. The van der Waals surface area contributed by atoms with Crippen LogP contribution in [0.25, 0.3) is 134 Å². The van der Waals surface area contributed by atoms with Crippen LogP contribution in [0, 0.1) is 41.5 Å². The molecule has 0 radical (unpaired) electrons. The Morgan fingerprint density at radius 3 is 0.615 bits per heavy atom. The summed E-state index contributed by atoms with van der Waals surface area (Å²) in [6.45, 7) is 13.8. The maximum atomic E-state index is 2.50. The first-order chi connectivity index (χ1) is 44.6. The van der Waals surface area contributed by atoms with Gasteiger partial charge in [0.05, 0.1) is 0 Å². The molecule has 15 aromatic rings.